The maximum atomic E-state index is 6.58. The van der Waals surface area contributed by atoms with Gasteiger partial charge in [-0.05, 0) is 188 Å². The number of nitrogens with zero attached hydrogens (tertiary/aromatic N) is 6. The molecule has 632 valence electrons. The van der Waals surface area contributed by atoms with Crippen LogP contribution in [0.25, 0.3) is 125 Å². The molecular formula is C129H80N6O. The fourth-order valence-corrected chi connectivity index (χ4v) is 25.8. The molecule has 27 aromatic rings. The Hall–Kier alpha value is -17.8. The largest absolute Gasteiger partial charge is 0.457 e. The minimum absolute atomic E-state index is 0.402. The van der Waals surface area contributed by atoms with Crippen LogP contribution in [-0.4, -0.2) is 13.2 Å². The number of benzene rings is 21. The van der Waals surface area contributed by atoms with Crippen molar-refractivity contribution in [1.29, 1.82) is 0 Å². The summed E-state index contributed by atoms with van der Waals surface area (Å²) in [5, 5.41) is 15.4. The monoisotopic (exact) mass is 1730 g/mol. The average molecular weight is 1730 g/mol. The molecule has 4 aliphatic heterocycles. The number of hydrogen-bond acceptors (Lipinski definition) is 4. The number of para-hydroxylation sites is 14. The molecule has 0 fully saturated rings. The van der Waals surface area contributed by atoms with Gasteiger partial charge < -0.3 is 32.6 Å². The Morgan fingerprint density at radius 2 is 0.353 bits per heavy atom. The van der Waals surface area contributed by atoms with E-state index in [1.165, 1.54) is 238 Å². The first-order chi connectivity index (χ1) is 67.5. The minimum Gasteiger partial charge on any atom is -0.457 e. The highest BCUT2D eigenvalue weighted by atomic mass is 16.5. The van der Waals surface area contributed by atoms with E-state index in [4.69, 9.17) is 4.74 Å². The Morgan fingerprint density at radius 3 is 0.625 bits per heavy atom. The highest BCUT2D eigenvalue weighted by Gasteiger charge is 2.54. The van der Waals surface area contributed by atoms with Gasteiger partial charge in [-0.2, -0.15) is 0 Å². The van der Waals surface area contributed by atoms with E-state index in [1.54, 1.807) is 0 Å². The smallest absolute Gasteiger partial charge is 0.132 e. The summed E-state index contributed by atoms with van der Waals surface area (Å²) in [6, 6.07) is 179. The zero-order valence-corrected chi connectivity index (χ0v) is 73.8. The molecule has 0 radical (unpaired) electrons. The highest BCUT2D eigenvalue weighted by molar-refractivity contribution is 6.28. The summed E-state index contributed by atoms with van der Waals surface area (Å²) in [5.74, 6) is 1.80. The molecule has 0 bridgehead atoms. The summed E-state index contributed by atoms with van der Waals surface area (Å²) in [7, 11) is 0. The topological polar surface area (TPSA) is 32.2 Å². The average Bonchev–Trinajstić information content (AvgIpc) is 1.66. The molecule has 0 N–H and O–H groups in total. The van der Waals surface area contributed by atoms with Crippen molar-refractivity contribution in [2.24, 2.45) is 0 Å². The molecule has 1 aliphatic carbocycles. The molecule has 2 spiro atoms. The third-order valence-corrected chi connectivity index (χ3v) is 30.8. The third kappa shape index (κ3) is 9.73. The van der Waals surface area contributed by atoms with Gasteiger partial charge in [0.25, 0.3) is 0 Å². The van der Waals surface area contributed by atoms with Gasteiger partial charge in [0.05, 0.1) is 100 Å². The van der Waals surface area contributed by atoms with Crippen molar-refractivity contribution in [3.63, 3.8) is 0 Å². The molecule has 7 heteroatoms. The van der Waals surface area contributed by atoms with Gasteiger partial charge in [-0.25, -0.2) is 0 Å². The van der Waals surface area contributed by atoms with Crippen LogP contribution in [0, 0.1) is 0 Å². The summed E-state index contributed by atoms with van der Waals surface area (Å²) in [5.41, 5.74) is 38.6. The van der Waals surface area contributed by atoms with E-state index in [-0.39, 0.29) is 0 Å². The van der Waals surface area contributed by atoms with Gasteiger partial charge in [0.1, 0.15) is 11.5 Å². The van der Waals surface area contributed by atoms with E-state index >= 15 is 0 Å². The Bertz CT molecular complexity index is 8870. The van der Waals surface area contributed by atoms with Crippen LogP contribution in [0.4, 0.5) is 51.2 Å². The van der Waals surface area contributed by atoms with Gasteiger partial charge in [0.15, 0.2) is 0 Å². The van der Waals surface area contributed by atoms with Crippen molar-refractivity contribution in [3.8, 4) is 22.6 Å². The van der Waals surface area contributed by atoms with Crippen LogP contribution in [0.5, 0.6) is 11.5 Å². The quantitative estimate of drug-likeness (QED) is 0.172. The van der Waals surface area contributed by atoms with E-state index in [0.717, 1.165) is 17.2 Å². The number of anilines is 9. The molecule has 136 heavy (non-hydrogen) atoms. The number of ether oxygens (including phenoxy) is 1. The normalized spacial score (nSPS) is 14.2. The van der Waals surface area contributed by atoms with Crippen LogP contribution in [0.15, 0.2) is 485 Å². The Labute approximate surface area is 783 Å². The minimum atomic E-state index is -0.543. The first-order valence-corrected chi connectivity index (χ1v) is 47.2. The lowest BCUT2D eigenvalue weighted by molar-refractivity contribution is 0.434. The van der Waals surface area contributed by atoms with Crippen molar-refractivity contribution in [1.82, 2.24) is 13.2 Å². The summed E-state index contributed by atoms with van der Waals surface area (Å²) in [6.07, 6.45) is 0. The second-order valence-electron chi connectivity index (χ2n) is 37.1. The van der Waals surface area contributed by atoms with Gasteiger partial charge in [-0.1, -0.05) is 364 Å². The summed E-state index contributed by atoms with van der Waals surface area (Å²) in [6.45, 7) is 0. The maximum Gasteiger partial charge on any atom is 0.132 e. The summed E-state index contributed by atoms with van der Waals surface area (Å²) < 4.78 is 13.9. The third-order valence-electron chi connectivity index (χ3n) is 30.8. The molecule has 5 aliphatic rings. The molecule has 6 aromatic heterocycles. The van der Waals surface area contributed by atoms with Crippen LogP contribution in [0.3, 0.4) is 0 Å². The van der Waals surface area contributed by atoms with Gasteiger partial charge >= 0.3 is 0 Å². The molecule has 21 aromatic carbocycles. The number of aromatic nitrogens is 3. The van der Waals surface area contributed by atoms with E-state index in [1.807, 2.05) is 0 Å². The predicted molar refractivity (Wildman–Crippen MR) is 562 cm³/mol. The van der Waals surface area contributed by atoms with Crippen LogP contribution in [0.1, 0.15) is 66.8 Å². The highest BCUT2D eigenvalue weighted by Crippen LogP contribution is 2.67. The SMILES string of the molecule is c1ccc(C2(c3ccccc3)c3ccccc3N(c3cc4c5ccccc5n5c6ccccc6c(c3)c45)c3ccccc32)cc1.c1ccc2c(c1)-c1ccccc1C21c2ccccc2N(c2cc3c4ccccc4n4c5ccccc5c(c2)c34)c2ccccc21.c1ccc2c(c1)Oc1ccccc1C21c2ccccc2N(c2cc3c4ccccc4n4c5ccccc5c(c2)c34)c2ccccc21. The molecule has 0 atom stereocenters. The molecule has 0 amide bonds. The van der Waals surface area contributed by atoms with E-state index < -0.39 is 16.2 Å². The van der Waals surface area contributed by atoms with Gasteiger partial charge in [0, 0.05) is 92.8 Å². The van der Waals surface area contributed by atoms with Crippen molar-refractivity contribution in [3.05, 3.63) is 552 Å². The fourth-order valence-electron chi connectivity index (χ4n) is 25.8. The maximum absolute atomic E-state index is 6.58. The molecule has 32 rings (SSSR count). The van der Waals surface area contributed by atoms with Gasteiger partial charge in [-0.15, -0.1) is 0 Å². The standard InChI is InChI=1S/C43H26N2O.C43H26N2.C43H28N2/c1-7-19-36-28(13-1)30-25-27(26-31-29-14-2-8-20-37(29)45(36)42(30)31)44-38-21-9-3-15-32(38)43(33-16-4-10-22-39(33)44)34-17-5-11-23-40(34)46-41-24-12-6-18-35(41)43;1-5-17-34-28(13-1)29-14-2-6-18-35(29)43(34)36-19-7-11-23-40(36)44(41-24-12-8-20-37(41)43)27-25-32-30-15-3-9-21-38(30)45-39-22-10-4-16-31(39)33(26-27)42(32)45;1-3-15-29(16-4-1)43(30-17-5-2-6-18-30)36-21-9-13-25-40(36)44(41-26-14-10-22-37(41)43)31-27-34-32-19-7-11-23-38(32)45-39-24-12-8-20-33(39)35(28-31)42(34)45/h1-26H;1-26H;1-28H. The molecule has 0 saturated carbocycles. The van der Waals surface area contributed by atoms with Crippen LogP contribution >= 0.6 is 0 Å². The lowest BCUT2D eigenvalue weighted by Crippen LogP contribution is -2.39. The van der Waals surface area contributed by atoms with E-state index in [0.29, 0.717) is 0 Å². The van der Waals surface area contributed by atoms with Gasteiger partial charge in [0.2, 0.25) is 0 Å². The zero-order valence-electron chi connectivity index (χ0n) is 73.8. The van der Waals surface area contributed by atoms with E-state index in [2.05, 4.69) is 513 Å². The lowest BCUT2D eigenvalue weighted by atomic mass is 9.61. The van der Waals surface area contributed by atoms with Crippen molar-refractivity contribution >= 4 is 165 Å². The van der Waals surface area contributed by atoms with Crippen molar-refractivity contribution in [2.45, 2.75) is 16.2 Å². The summed E-state index contributed by atoms with van der Waals surface area (Å²) in [4.78, 5) is 7.50. The first kappa shape index (κ1) is 74.9. The summed E-state index contributed by atoms with van der Waals surface area (Å²) >= 11 is 0. The van der Waals surface area contributed by atoms with Crippen LogP contribution in [0.2, 0.25) is 0 Å². The predicted octanol–water partition coefficient (Wildman–Crippen LogP) is 33.1. The molecule has 0 unspecified atom stereocenters. The van der Waals surface area contributed by atoms with Crippen LogP contribution < -0.4 is 19.4 Å². The second kappa shape index (κ2) is 28.1. The number of fused-ring (bicyclic) bond motifs is 37. The Balaban J connectivity index is 0.0000000969. The van der Waals surface area contributed by atoms with Crippen LogP contribution in [-0.2, 0) is 16.2 Å². The number of rotatable bonds is 5. The van der Waals surface area contributed by atoms with Crippen molar-refractivity contribution in [2.75, 3.05) is 14.7 Å². The van der Waals surface area contributed by atoms with Gasteiger partial charge in [-0.3, -0.25) is 0 Å². The molecular weight excluding hydrogens is 1650 g/mol. The Morgan fingerprint density at radius 1 is 0.154 bits per heavy atom. The second-order valence-corrected chi connectivity index (χ2v) is 37.1. The Kier molecular flexibility index (Phi) is 15.5. The molecule has 10 heterocycles. The van der Waals surface area contributed by atoms with E-state index in [9.17, 15) is 0 Å². The molecule has 0 saturated heterocycles. The molecule has 7 nitrogen and oxygen atoms in total. The van der Waals surface area contributed by atoms with Crippen molar-refractivity contribution < 1.29 is 4.74 Å². The zero-order chi connectivity index (χ0) is 88.8. The fraction of sp³-hybridized carbons (Fsp3) is 0.0233. The number of hydrogen-bond donors (Lipinski definition) is 0. The lowest BCUT2D eigenvalue weighted by Gasteiger charge is -2.48. The first-order valence-electron chi connectivity index (χ1n) is 47.2.